The number of hydrogen-bond donors (Lipinski definition) is 2. The van der Waals surface area contributed by atoms with Crippen molar-refractivity contribution >= 4 is 23.4 Å². The van der Waals surface area contributed by atoms with Gasteiger partial charge in [-0.15, -0.1) is 0 Å². The standard InChI is InChI=1S/C21H18ClFN2O2.C21H17F3N2O2/c1-13-3-10-18(23)19(11-13)25-14(2)4-9-17(21(25)27)20(26)24-12-15-5-7-16(22)8-6-15;1-14-10-11-18(19(27)25-13-15-6-3-2-4-7-15)20(28)26(14)17-9-5-8-16(12-17)21(22,23)24/h3-11H,12H2,1-2H3,(H,24,26);2-12H,13H2,1H3,(H,25,27). The molecule has 6 rings (SSSR count). The lowest BCUT2D eigenvalue weighted by molar-refractivity contribution is -0.137. The van der Waals surface area contributed by atoms with Crippen molar-refractivity contribution < 1.29 is 27.2 Å². The van der Waals surface area contributed by atoms with E-state index in [9.17, 15) is 36.7 Å². The van der Waals surface area contributed by atoms with Gasteiger partial charge in [-0.1, -0.05) is 66.2 Å². The SMILES string of the molecule is Cc1ccc(C(=O)NCc2ccccc2)c(=O)n1-c1cccc(C(F)(F)F)c1.Cc1ccc(F)c(-n2c(C)ccc(C(=O)NCc3ccc(Cl)cc3)c2=O)c1. The van der Waals surface area contributed by atoms with E-state index in [0.717, 1.165) is 33.4 Å². The van der Waals surface area contributed by atoms with Gasteiger partial charge in [-0.3, -0.25) is 28.3 Å². The van der Waals surface area contributed by atoms with Crippen LogP contribution < -0.4 is 21.8 Å². The van der Waals surface area contributed by atoms with Crippen molar-refractivity contribution in [3.05, 3.63) is 198 Å². The van der Waals surface area contributed by atoms with E-state index in [1.54, 1.807) is 56.3 Å². The number of pyridine rings is 2. The first-order valence-corrected chi connectivity index (χ1v) is 17.3. The maximum absolute atomic E-state index is 14.3. The van der Waals surface area contributed by atoms with Crippen LogP contribution in [-0.2, 0) is 19.3 Å². The maximum atomic E-state index is 14.3. The van der Waals surface area contributed by atoms with Crippen molar-refractivity contribution in [3.8, 4) is 11.4 Å². The first kappa shape index (κ1) is 39.9. The number of aryl methyl sites for hydroxylation is 3. The highest BCUT2D eigenvalue weighted by molar-refractivity contribution is 6.30. The highest BCUT2D eigenvalue weighted by atomic mass is 35.5. The van der Waals surface area contributed by atoms with Gasteiger partial charge in [-0.2, -0.15) is 13.2 Å². The highest BCUT2D eigenvalue weighted by Gasteiger charge is 2.31. The summed E-state index contributed by atoms with van der Waals surface area (Å²) in [5, 5.41) is 5.97. The molecule has 13 heteroatoms. The molecule has 8 nitrogen and oxygen atoms in total. The maximum Gasteiger partial charge on any atom is 0.416 e. The third-order valence-electron chi connectivity index (χ3n) is 8.48. The van der Waals surface area contributed by atoms with E-state index in [1.165, 1.54) is 41.0 Å². The number of alkyl halides is 3. The number of carbonyl (C=O) groups excluding carboxylic acids is 2. The Balaban J connectivity index is 0.000000211. The van der Waals surface area contributed by atoms with Gasteiger partial charge in [0, 0.05) is 35.2 Å². The molecule has 282 valence electrons. The first-order chi connectivity index (χ1) is 26.1. The summed E-state index contributed by atoms with van der Waals surface area (Å²) in [5.41, 5.74) is 1.38. The van der Waals surface area contributed by atoms with Crippen molar-refractivity contribution in [2.45, 2.75) is 40.0 Å². The van der Waals surface area contributed by atoms with E-state index in [-0.39, 0.29) is 35.6 Å². The quantitative estimate of drug-likeness (QED) is 0.152. The van der Waals surface area contributed by atoms with E-state index in [2.05, 4.69) is 10.6 Å². The average Bonchev–Trinajstić information content (AvgIpc) is 3.15. The monoisotopic (exact) mass is 770 g/mol. The molecular formula is C42H35ClF4N4O4. The van der Waals surface area contributed by atoms with E-state index in [4.69, 9.17) is 11.6 Å². The molecule has 0 bridgehead atoms. The lowest BCUT2D eigenvalue weighted by atomic mass is 10.1. The fourth-order valence-corrected chi connectivity index (χ4v) is 5.72. The molecule has 0 saturated heterocycles. The van der Waals surface area contributed by atoms with Gasteiger partial charge in [0.05, 0.1) is 11.3 Å². The normalized spacial score (nSPS) is 11.0. The molecule has 0 unspecified atom stereocenters. The number of amides is 2. The molecule has 0 saturated carbocycles. The molecule has 4 aromatic carbocycles. The molecule has 0 aliphatic heterocycles. The van der Waals surface area contributed by atoms with Crippen molar-refractivity contribution in [1.29, 1.82) is 0 Å². The van der Waals surface area contributed by atoms with Crippen LogP contribution in [0.4, 0.5) is 17.6 Å². The summed E-state index contributed by atoms with van der Waals surface area (Å²) >= 11 is 5.84. The van der Waals surface area contributed by atoms with Crippen molar-refractivity contribution in [1.82, 2.24) is 19.8 Å². The Labute approximate surface area is 318 Å². The molecule has 0 aliphatic rings. The topological polar surface area (TPSA) is 102 Å². The van der Waals surface area contributed by atoms with Gasteiger partial charge in [-0.25, -0.2) is 4.39 Å². The number of nitrogens with one attached hydrogen (secondary N) is 2. The fourth-order valence-electron chi connectivity index (χ4n) is 5.60. The smallest absolute Gasteiger partial charge is 0.348 e. The molecular weight excluding hydrogens is 736 g/mol. The van der Waals surface area contributed by atoms with Crippen LogP contribution in [0.1, 0.15) is 54.4 Å². The van der Waals surface area contributed by atoms with E-state index in [0.29, 0.717) is 16.4 Å². The van der Waals surface area contributed by atoms with Crippen LogP contribution in [0.3, 0.4) is 0 Å². The first-order valence-electron chi connectivity index (χ1n) is 16.9. The van der Waals surface area contributed by atoms with Gasteiger partial charge in [-0.05, 0) is 104 Å². The van der Waals surface area contributed by atoms with Crippen LogP contribution in [-0.4, -0.2) is 20.9 Å². The van der Waals surface area contributed by atoms with Gasteiger partial charge in [0.2, 0.25) is 0 Å². The fraction of sp³-hybridized carbons (Fsp3) is 0.143. The lowest BCUT2D eigenvalue weighted by Gasteiger charge is -2.14. The summed E-state index contributed by atoms with van der Waals surface area (Å²) < 4.78 is 55.6. The zero-order chi connectivity index (χ0) is 39.9. The molecule has 0 atom stereocenters. The zero-order valence-electron chi connectivity index (χ0n) is 29.9. The third-order valence-corrected chi connectivity index (χ3v) is 8.73. The molecule has 0 fully saturated rings. The number of nitrogens with zero attached hydrogens (tertiary/aromatic N) is 2. The van der Waals surface area contributed by atoms with Gasteiger partial charge in [0.15, 0.2) is 0 Å². The van der Waals surface area contributed by atoms with Crippen LogP contribution in [0.25, 0.3) is 11.4 Å². The Kier molecular flexibility index (Phi) is 12.5. The van der Waals surface area contributed by atoms with Gasteiger partial charge in [0.1, 0.15) is 16.9 Å². The summed E-state index contributed by atoms with van der Waals surface area (Å²) in [7, 11) is 0. The molecule has 0 spiro atoms. The lowest BCUT2D eigenvalue weighted by Crippen LogP contribution is -2.33. The largest absolute Gasteiger partial charge is 0.416 e. The molecule has 2 amide bonds. The average molecular weight is 771 g/mol. The number of carbonyl (C=O) groups is 2. The summed E-state index contributed by atoms with van der Waals surface area (Å²) in [4.78, 5) is 50.7. The van der Waals surface area contributed by atoms with Crippen molar-refractivity contribution in [2.24, 2.45) is 0 Å². The number of rotatable bonds is 8. The van der Waals surface area contributed by atoms with Gasteiger partial charge in [0.25, 0.3) is 22.9 Å². The molecule has 0 radical (unpaired) electrons. The second-order valence-corrected chi connectivity index (χ2v) is 13.0. The number of hydrogen-bond acceptors (Lipinski definition) is 4. The van der Waals surface area contributed by atoms with Gasteiger partial charge >= 0.3 is 6.18 Å². The predicted molar refractivity (Wildman–Crippen MR) is 203 cm³/mol. The van der Waals surface area contributed by atoms with Crippen LogP contribution >= 0.6 is 11.6 Å². The molecule has 2 N–H and O–H groups in total. The van der Waals surface area contributed by atoms with E-state index < -0.39 is 40.5 Å². The van der Waals surface area contributed by atoms with Crippen molar-refractivity contribution in [2.75, 3.05) is 0 Å². The van der Waals surface area contributed by atoms with E-state index >= 15 is 0 Å². The minimum atomic E-state index is -4.53. The Bertz CT molecular complexity index is 2460. The highest BCUT2D eigenvalue weighted by Crippen LogP contribution is 2.30. The Morgan fingerprint density at radius 1 is 0.636 bits per heavy atom. The molecule has 6 aromatic rings. The Morgan fingerprint density at radius 3 is 1.76 bits per heavy atom. The van der Waals surface area contributed by atoms with Crippen molar-refractivity contribution in [3.63, 3.8) is 0 Å². The second kappa shape index (κ2) is 17.3. The minimum Gasteiger partial charge on any atom is -0.348 e. The van der Waals surface area contributed by atoms with Crippen LogP contribution in [0, 0.1) is 26.6 Å². The summed E-state index contributed by atoms with van der Waals surface area (Å²) in [5.74, 6) is -1.63. The number of aromatic nitrogens is 2. The molecule has 2 aromatic heterocycles. The molecule has 0 aliphatic carbocycles. The second-order valence-electron chi connectivity index (χ2n) is 12.5. The zero-order valence-corrected chi connectivity index (χ0v) is 30.6. The summed E-state index contributed by atoms with van der Waals surface area (Å²) in [6, 6.07) is 31.1. The minimum absolute atomic E-state index is 0.0459. The molecule has 2 heterocycles. The third kappa shape index (κ3) is 9.84. The van der Waals surface area contributed by atoms with E-state index in [1.807, 2.05) is 37.3 Å². The predicted octanol–water partition coefficient (Wildman–Crippen LogP) is 8.27. The van der Waals surface area contributed by atoms with Crippen LogP contribution in [0.15, 0.2) is 131 Å². The van der Waals surface area contributed by atoms with Crippen LogP contribution in [0.5, 0.6) is 0 Å². The Morgan fingerprint density at radius 2 is 1.18 bits per heavy atom. The molecule has 55 heavy (non-hydrogen) atoms. The number of benzene rings is 4. The van der Waals surface area contributed by atoms with Crippen LogP contribution in [0.2, 0.25) is 5.02 Å². The summed E-state index contributed by atoms with van der Waals surface area (Å²) in [6.07, 6.45) is -4.53. The van der Waals surface area contributed by atoms with Gasteiger partial charge < -0.3 is 10.6 Å². The Hall–Kier alpha value is -6.27. The summed E-state index contributed by atoms with van der Waals surface area (Å²) in [6.45, 7) is 5.58. The number of halogens is 5.